The Bertz CT molecular complexity index is 502. The van der Waals surface area contributed by atoms with Crippen molar-refractivity contribution >= 4 is 11.7 Å². The van der Waals surface area contributed by atoms with Crippen LogP contribution in [0.3, 0.4) is 0 Å². The molecule has 1 unspecified atom stereocenters. The lowest BCUT2D eigenvalue weighted by Crippen LogP contribution is -2.52. The van der Waals surface area contributed by atoms with Crippen LogP contribution in [0.4, 0.5) is 5.82 Å². The maximum absolute atomic E-state index is 12.7. The van der Waals surface area contributed by atoms with Crippen molar-refractivity contribution < 1.29 is 9.53 Å². The number of methoxy groups -OCH3 is 1. The van der Waals surface area contributed by atoms with Crippen molar-refractivity contribution in [1.82, 2.24) is 15.2 Å². The third-order valence-corrected chi connectivity index (χ3v) is 4.18. The molecule has 0 saturated carbocycles. The summed E-state index contributed by atoms with van der Waals surface area (Å²) in [6, 6.07) is 5.62. The van der Waals surface area contributed by atoms with Gasteiger partial charge in [0.15, 0.2) is 0 Å². The lowest BCUT2D eigenvalue weighted by atomic mass is 10.1. The van der Waals surface area contributed by atoms with Gasteiger partial charge in [-0.25, -0.2) is 0 Å². The molecule has 2 saturated heterocycles. The van der Waals surface area contributed by atoms with Gasteiger partial charge in [0.05, 0.1) is 7.11 Å². The zero-order valence-electron chi connectivity index (χ0n) is 12.4. The molecule has 1 N–H and O–H groups in total. The van der Waals surface area contributed by atoms with Gasteiger partial charge in [-0.2, -0.15) is 4.98 Å². The molecule has 0 spiro atoms. The lowest BCUT2D eigenvalue weighted by Gasteiger charge is -2.33. The Morgan fingerprint density at radius 2 is 2.14 bits per heavy atom. The zero-order chi connectivity index (χ0) is 14.7. The van der Waals surface area contributed by atoms with E-state index in [1.54, 1.807) is 7.11 Å². The molecule has 2 aliphatic heterocycles. The number of hydrogen-bond donors (Lipinski definition) is 1. The van der Waals surface area contributed by atoms with E-state index in [-0.39, 0.29) is 11.9 Å². The molecule has 114 valence electrons. The summed E-state index contributed by atoms with van der Waals surface area (Å²) in [6.07, 6.45) is 1.93. The van der Waals surface area contributed by atoms with Crippen LogP contribution in [0.25, 0.3) is 0 Å². The molecule has 3 heterocycles. The predicted octanol–water partition coefficient (Wildman–Crippen LogP) is 0.491. The van der Waals surface area contributed by atoms with Crippen LogP contribution in [0.1, 0.15) is 12.8 Å². The summed E-state index contributed by atoms with van der Waals surface area (Å²) in [7, 11) is 1.61. The summed E-state index contributed by atoms with van der Waals surface area (Å²) in [5.74, 6) is 1.66. The average Bonchev–Trinajstić information content (AvgIpc) is 3.04. The summed E-state index contributed by atoms with van der Waals surface area (Å²) in [4.78, 5) is 21.3. The van der Waals surface area contributed by atoms with Crippen LogP contribution in [-0.4, -0.2) is 61.7 Å². The van der Waals surface area contributed by atoms with Crippen LogP contribution in [0.15, 0.2) is 18.2 Å². The first-order chi connectivity index (χ1) is 10.3. The van der Waals surface area contributed by atoms with Crippen LogP contribution in [0.5, 0.6) is 5.88 Å². The minimum absolute atomic E-state index is 0.0808. The number of aromatic nitrogens is 1. The summed E-state index contributed by atoms with van der Waals surface area (Å²) < 4.78 is 5.19. The molecule has 21 heavy (non-hydrogen) atoms. The first-order valence-corrected chi connectivity index (χ1v) is 7.57. The van der Waals surface area contributed by atoms with Crippen LogP contribution >= 0.6 is 0 Å². The van der Waals surface area contributed by atoms with Gasteiger partial charge in [0.2, 0.25) is 11.8 Å². The number of carbonyl (C=O) groups excluding carboxylic acids is 1. The first-order valence-electron chi connectivity index (χ1n) is 7.57. The normalized spacial score (nSPS) is 22.4. The highest BCUT2D eigenvalue weighted by Gasteiger charge is 2.34. The van der Waals surface area contributed by atoms with Crippen molar-refractivity contribution in [2.45, 2.75) is 18.9 Å². The average molecular weight is 290 g/mol. The standard InChI is InChI=1S/C15H22N4O2/c1-21-14-6-2-5-13(17-14)19-9-3-4-12(19)15(20)18-10-7-16-8-11-18/h2,5-6,12,16H,3-4,7-11H2,1H3. The highest BCUT2D eigenvalue weighted by atomic mass is 16.5. The summed E-state index contributed by atoms with van der Waals surface area (Å²) in [6.45, 7) is 4.25. The molecule has 2 fully saturated rings. The van der Waals surface area contributed by atoms with Crippen LogP contribution in [0, 0.1) is 0 Å². The van der Waals surface area contributed by atoms with Gasteiger partial charge in [-0.3, -0.25) is 4.79 Å². The van der Waals surface area contributed by atoms with Gasteiger partial charge in [0.1, 0.15) is 11.9 Å². The topological polar surface area (TPSA) is 57.7 Å². The van der Waals surface area contributed by atoms with Crippen molar-refractivity contribution in [1.29, 1.82) is 0 Å². The Hall–Kier alpha value is -1.82. The van der Waals surface area contributed by atoms with Gasteiger partial charge in [0.25, 0.3) is 0 Å². The van der Waals surface area contributed by atoms with E-state index in [1.165, 1.54) is 0 Å². The molecule has 0 aromatic carbocycles. The largest absolute Gasteiger partial charge is 0.481 e. The van der Waals surface area contributed by atoms with Crippen molar-refractivity contribution in [3.05, 3.63) is 18.2 Å². The van der Waals surface area contributed by atoms with Crippen molar-refractivity contribution in [3.8, 4) is 5.88 Å². The monoisotopic (exact) mass is 290 g/mol. The number of pyridine rings is 1. The minimum Gasteiger partial charge on any atom is -0.481 e. The number of rotatable bonds is 3. The van der Waals surface area contributed by atoms with Crippen LogP contribution in [0.2, 0.25) is 0 Å². The molecular formula is C15H22N4O2. The molecule has 3 rings (SSSR count). The highest BCUT2D eigenvalue weighted by molar-refractivity contribution is 5.85. The predicted molar refractivity (Wildman–Crippen MR) is 80.6 cm³/mol. The van der Waals surface area contributed by atoms with Crippen molar-refractivity contribution in [3.63, 3.8) is 0 Å². The molecular weight excluding hydrogens is 268 g/mol. The molecule has 1 aromatic rings. The SMILES string of the molecule is COc1cccc(N2CCCC2C(=O)N2CCNCC2)n1. The molecule has 1 amide bonds. The van der Waals surface area contributed by atoms with Gasteiger partial charge < -0.3 is 19.9 Å². The zero-order valence-corrected chi connectivity index (χ0v) is 12.4. The van der Waals surface area contributed by atoms with E-state index in [0.717, 1.165) is 51.4 Å². The van der Waals surface area contributed by atoms with Gasteiger partial charge in [-0.05, 0) is 18.9 Å². The number of nitrogens with zero attached hydrogens (tertiary/aromatic N) is 3. The first kappa shape index (κ1) is 14.1. The number of hydrogen-bond acceptors (Lipinski definition) is 5. The summed E-state index contributed by atoms with van der Waals surface area (Å²) in [5, 5.41) is 3.28. The van der Waals surface area contributed by atoms with E-state index < -0.39 is 0 Å². The Labute approximate surface area is 125 Å². The van der Waals surface area contributed by atoms with E-state index in [4.69, 9.17) is 4.74 Å². The molecule has 0 radical (unpaired) electrons. The van der Waals surface area contributed by atoms with E-state index in [2.05, 4.69) is 15.2 Å². The fourth-order valence-corrected chi connectivity index (χ4v) is 3.07. The van der Waals surface area contributed by atoms with E-state index in [0.29, 0.717) is 5.88 Å². The fourth-order valence-electron chi connectivity index (χ4n) is 3.07. The molecule has 0 aliphatic carbocycles. The second-order valence-electron chi connectivity index (χ2n) is 5.46. The van der Waals surface area contributed by atoms with E-state index in [1.807, 2.05) is 23.1 Å². The van der Waals surface area contributed by atoms with Crippen molar-refractivity contribution in [2.75, 3.05) is 44.7 Å². The molecule has 2 aliphatic rings. The number of amides is 1. The second kappa shape index (κ2) is 6.30. The Morgan fingerprint density at radius 3 is 2.90 bits per heavy atom. The maximum atomic E-state index is 12.7. The fraction of sp³-hybridized carbons (Fsp3) is 0.600. The quantitative estimate of drug-likeness (QED) is 0.878. The summed E-state index contributed by atoms with van der Waals surface area (Å²) >= 11 is 0. The Balaban J connectivity index is 1.76. The minimum atomic E-state index is -0.0808. The second-order valence-corrected chi connectivity index (χ2v) is 5.46. The molecule has 1 aromatic heterocycles. The smallest absolute Gasteiger partial charge is 0.245 e. The molecule has 6 nitrogen and oxygen atoms in total. The Kier molecular flexibility index (Phi) is 4.24. The summed E-state index contributed by atoms with van der Waals surface area (Å²) in [5.41, 5.74) is 0. The molecule has 1 atom stereocenters. The van der Waals surface area contributed by atoms with Crippen LogP contribution in [-0.2, 0) is 4.79 Å². The molecule has 6 heteroatoms. The van der Waals surface area contributed by atoms with Crippen molar-refractivity contribution in [2.24, 2.45) is 0 Å². The number of ether oxygens (including phenoxy) is 1. The Morgan fingerprint density at radius 1 is 1.33 bits per heavy atom. The van der Waals surface area contributed by atoms with E-state index >= 15 is 0 Å². The lowest BCUT2D eigenvalue weighted by molar-refractivity contribution is -0.133. The number of anilines is 1. The van der Waals surface area contributed by atoms with Gasteiger partial charge in [0, 0.05) is 38.8 Å². The third kappa shape index (κ3) is 2.95. The van der Waals surface area contributed by atoms with Gasteiger partial charge >= 0.3 is 0 Å². The molecule has 0 bridgehead atoms. The third-order valence-electron chi connectivity index (χ3n) is 4.18. The highest BCUT2D eigenvalue weighted by Crippen LogP contribution is 2.26. The van der Waals surface area contributed by atoms with Gasteiger partial charge in [-0.1, -0.05) is 6.07 Å². The van der Waals surface area contributed by atoms with Gasteiger partial charge in [-0.15, -0.1) is 0 Å². The number of piperazine rings is 1. The number of carbonyl (C=O) groups is 1. The van der Waals surface area contributed by atoms with E-state index in [9.17, 15) is 4.79 Å². The maximum Gasteiger partial charge on any atom is 0.245 e. The van der Waals surface area contributed by atoms with Crippen LogP contribution < -0.4 is 15.0 Å². The number of nitrogens with one attached hydrogen (secondary N) is 1.